The lowest BCUT2D eigenvalue weighted by Gasteiger charge is -2.18. The van der Waals surface area contributed by atoms with Crippen LogP contribution in [0.4, 0.5) is 0 Å². The highest BCUT2D eigenvalue weighted by Crippen LogP contribution is 2.41. The molecule has 4 aromatic carbocycles. The van der Waals surface area contributed by atoms with Gasteiger partial charge >= 0.3 is 0 Å². The van der Waals surface area contributed by atoms with E-state index in [1.165, 1.54) is 64.7 Å². The summed E-state index contributed by atoms with van der Waals surface area (Å²) < 4.78 is 2.73. The molecular weight excluding hydrogens is 368 g/mol. The fraction of sp³-hybridized carbons (Fsp3) is 0.143. The van der Waals surface area contributed by atoms with Gasteiger partial charge in [-0.1, -0.05) is 54.6 Å². The fourth-order valence-corrected chi connectivity index (χ4v) is 5.76. The van der Waals surface area contributed by atoms with Crippen LogP contribution in [-0.2, 0) is 0 Å². The SMILES string of the molecule is Cc1cc2sc3ccccc3c2cc1-c1ccc(C)c(-c2ccccc2C)c1C. The van der Waals surface area contributed by atoms with Crippen LogP contribution in [0.3, 0.4) is 0 Å². The Balaban J connectivity index is 1.79. The molecule has 0 aliphatic heterocycles. The Kier molecular flexibility index (Phi) is 4.29. The number of hydrogen-bond acceptors (Lipinski definition) is 1. The minimum absolute atomic E-state index is 1.33. The number of aryl methyl sites for hydroxylation is 3. The van der Waals surface area contributed by atoms with Crippen LogP contribution in [0.2, 0.25) is 0 Å². The minimum atomic E-state index is 1.33. The summed E-state index contributed by atoms with van der Waals surface area (Å²) in [5.74, 6) is 0. The van der Waals surface area contributed by atoms with Gasteiger partial charge in [0, 0.05) is 20.2 Å². The maximum Gasteiger partial charge on any atom is 0.0358 e. The summed E-state index contributed by atoms with van der Waals surface area (Å²) in [6.45, 7) is 8.95. The molecule has 0 amide bonds. The van der Waals surface area contributed by atoms with Crippen LogP contribution in [0.15, 0.2) is 72.8 Å². The number of thiophene rings is 1. The third kappa shape index (κ3) is 2.89. The molecule has 0 radical (unpaired) electrons. The summed E-state index contributed by atoms with van der Waals surface area (Å²) in [5.41, 5.74) is 10.7. The van der Waals surface area contributed by atoms with Crippen LogP contribution in [0, 0.1) is 27.7 Å². The molecule has 0 N–H and O–H groups in total. The summed E-state index contributed by atoms with van der Waals surface area (Å²) in [4.78, 5) is 0. The van der Waals surface area contributed by atoms with E-state index >= 15 is 0 Å². The first-order valence-electron chi connectivity index (χ1n) is 10.1. The van der Waals surface area contributed by atoms with Crippen molar-refractivity contribution in [1.82, 2.24) is 0 Å². The van der Waals surface area contributed by atoms with Crippen molar-refractivity contribution in [2.45, 2.75) is 27.7 Å². The fourth-order valence-electron chi connectivity index (χ4n) is 4.57. The Bertz CT molecular complexity index is 1380. The van der Waals surface area contributed by atoms with Crippen LogP contribution in [-0.4, -0.2) is 0 Å². The summed E-state index contributed by atoms with van der Waals surface area (Å²) in [7, 11) is 0. The zero-order valence-corrected chi connectivity index (χ0v) is 18.2. The molecule has 0 bridgehead atoms. The van der Waals surface area contributed by atoms with Crippen molar-refractivity contribution in [2.75, 3.05) is 0 Å². The number of benzene rings is 4. The Labute approximate surface area is 176 Å². The first kappa shape index (κ1) is 18.1. The molecule has 0 unspecified atom stereocenters. The van der Waals surface area contributed by atoms with Crippen molar-refractivity contribution < 1.29 is 0 Å². The van der Waals surface area contributed by atoms with Crippen LogP contribution < -0.4 is 0 Å². The lowest BCUT2D eigenvalue weighted by atomic mass is 9.86. The van der Waals surface area contributed by atoms with Crippen molar-refractivity contribution in [3.63, 3.8) is 0 Å². The third-order valence-electron chi connectivity index (χ3n) is 6.10. The second-order valence-corrected chi connectivity index (χ2v) is 9.09. The molecule has 5 rings (SSSR count). The number of fused-ring (bicyclic) bond motifs is 3. The molecule has 0 atom stereocenters. The zero-order valence-electron chi connectivity index (χ0n) is 17.3. The summed E-state index contributed by atoms with van der Waals surface area (Å²) in [6, 6.07) is 26.8. The van der Waals surface area contributed by atoms with Gasteiger partial charge in [0.05, 0.1) is 0 Å². The highest BCUT2D eigenvalue weighted by Gasteiger charge is 2.15. The Morgan fingerprint density at radius 2 is 1.28 bits per heavy atom. The van der Waals surface area contributed by atoms with Crippen LogP contribution in [0.5, 0.6) is 0 Å². The molecule has 1 aromatic heterocycles. The summed E-state index contributed by atoms with van der Waals surface area (Å²) >= 11 is 1.89. The maximum absolute atomic E-state index is 2.41. The Hall–Kier alpha value is -2.90. The molecule has 0 nitrogen and oxygen atoms in total. The summed E-state index contributed by atoms with van der Waals surface area (Å²) in [5, 5.41) is 2.72. The van der Waals surface area contributed by atoms with Gasteiger partial charge in [-0.25, -0.2) is 0 Å². The van der Waals surface area contributed by atoms with Gasteiger partial charge in [-0.3, -0.25) is 0 Å². The smallest absolute Gasteiger partial charge is 0.0358 e. The molecular formula is C28H24S. The zero-order chi connectivity index (χ0) is 20.1. The van der Waals surface area contributed by atoms with E-state index in [-0.39, 0.29) is 0 Å². The van der Waals surface area contributed by atoms with Crippen molar-refractivity contribution in [3.05, 3.63) is 95.1 Å². The Morgan fingerprint density at radius 3 is 2.10 bits per heavy atom. The molecule has 0 fully saturated rings. The van der Waals surface area contributed by atoms with E-state index in [1.54, 1.807) is 0 Å². The highest BCUT2D eigenvalue weighted by molar-refractivity contribution is 7.25. The molecule has 5 aromatic rings. The van der Waals surface area contributed by atoms with Gasteiger partial charge in [0.1, 0.15) is 0 Å². The van der Waals surface area contributed by atoms with Gasteiger partial charge in [-0.05, 0) is 90.4 Å². The normalized spacial score (nSPS) is 11.4. The average molecular weight is 393 g/mol. The molecule has 0 aliphatic rings. The first-order chi connectivity index (χ1) is 14.0. The predicted octanol–water partition coefficient (Wildman–Crippen LogP) is 8.62. The quantitative estimate of drug-likeness (QED) is 0.282. The number of hydrogen-bond donors (Lipinski definition) is 0. The van der Waals surface area contributed by atoms with Crippen molar-refractivity contribution in [2.24, 2.45) is 0 Å². The van der Waals surface area contributed by atoms with Gasteiger partial charge in [0.15, 0.2) is 0 Å². The van der Waals surface area contributed by atoms with Gasteiger partial charge in [-0.2, -0.15) is 0 Å². The van der Waals surface area contributed by atoms with E-state index in [2.05, 4.69) is 100 Å². The van der Waals surface area contributed by atoms with E-state index in [0.29, 0.717) is 0 Å². The largest absolute Gasteiger partial charge is 0.135 e. The lowest BCUT2D eigenvalue weighted by Crippen LogP contribution is -1.95. The van der Waals surface area contributed by atoms with Crippen molar-refractivity contribution in [3.8, 4) is 22.3 Å². The second-order valence-electron chi connectivity index (χ2n) is 8.01. The van der Waals surface area contributed by atoms with Crippen LogP contribution in [0.25, 0.3) is 42.4 Å². The van der Waals surface area contributed by atoms with Crippen LogP contribution >= 0.6 is 11.3 Å². The predicted molar refractivity (Wildman–Crippen MR) is 129 cm³/mol. The number of rotatable bonds is 2. The molecule has 0 aliphatic carbocycles. The standard InChI is InChI=1S/C28H24S/c1-17-9-5-6-10-21(17)28-18(2)13-14-22(20(28)4)24-16-25-23-11-7-8-12-26(23)29-27(25)15-19(24)3/h5-16H,1-4H3. The monoisotopic (exact) mass is 392 g/mol. The topological polar surface area (TPSA) is 0 Å². The van der Waals surface area contributed by atoms with Gasteiger partial charge in [0.25, 0.3) is 0 Å². The maximum atomic E-state index is 2.41. The minimum Gasteiger partial charge on any atom is -0.135 e. The average Bonchev–Trinajstić information content (AvgIpc) is 3.06. The second kappa shape index (κ2) is 6.86. The highest BCUT2D eigenvalue weighted by atomic mass is 32.1. The van der Waals surface area contributed by atoms with E-state index in [1.807, 2.05) is 11.3 Å². The molecule has 0 spiro atoms. The Morgan fingerprint density at radius 1 is 0.517 bits per heavy atom. The molecule has 0 saturated carbocycles. The third-order valence-corrected chi connectivity index (χ3v) is 7.24. The lowest BCUT2D eigenvalue weighted by molar-refractivity contribution is 1.34. The van der Waals surface area contributed by atoms with Gasteiger partial charge < -0.3 is 0 Å². The molecule has 142 valence electrons. The van der Waals surface area contributed by atoms with Crippen molar-refractivity contribution in [1.29, 1.82) is 0 Å². The molecule has 0 saturated heterocycles. The molecule has 29 heavy (non-hydrogen) atoms. The molecule has 1 heteroatoms. The summed E-state index contributed by atoms with van der Waals surface area (Å²) in [6.07, 6.45) is 0. The van der Waals surface area contributed by atoms with Crippen LogP contribution in [0.1, 0.15) is 22.3 Å². The van der Waals surface area contributed by atoms with E-state index in [4.69, 9.17) is 0 Å². The van der Waals surface area contributed by atoms with Crippen molar-refractivity contribution >= 4 is 31.5 Å². The molecule has 1 heterocycles. The van der Waals surface area contributed by atoms with Gasteiger partial charge in [-0.15, -0.1) is 11.3 Å². The van der Waals surface area contributed by atoms with E-state index < -0.39 is 0 Å². The van der Waals surface area contributed by atoms with E-state index in [9.17, 15) is 0 Å². The van der Waals surface area contributed by atoms with E-state index in [0.717, 1.165) is 0 Å². The first-order valence-corrected chi connectivity index (χ1v) is 10.9. The van der Waals surface area contributed by atoms with Gasteiger partial charge in [0.2, 0.25) is 0 Å².